The van der Waals surface area contributed by atoms with Crippen molar-refractivity contribution in [2.24, 2.45) is 0 Å². The van der Waals surface area contributed by atoms with E-state index in [0.717, 1.165) is 34.1 Å². The van der Waals surface area contributed by atoms with Crippen molar-refractivity contribution in [3.63, 3.8) is 0 Å². The molecule has 0 radical (unpaired) electrons. The second-order valence-corrected chi connectivity index (χ2v) is 29.9. The van der Waals surface area contributed by atoms with Crippen molar-refractivity contribution in [3.05, 3.63) is 199 Å². The number of nitrogens with zero attached hydrogens (tertiary/aromatic N) is 3. The number of hydrogen-bond acceptors (Lipinski definition) is 2. The van der Waals surface area contributed by atoms with Gasteiger partial charge in [-0.3, -0.25) is 0 Å². The summed E-state index contributed by atoms with van der Waals surface area (Å²) in [6.45, 7) is 21.2. The van der Waals surface area contributed by atoms with Crippen molar-refractivity contribution >= 4 is 104 Å². The van der Waals surface area contributed by atoms with E-state index in [1.54, 1.807) is 0 Å². The molecule has 5 heteroatoms. The molecule has 0 unspecified atom stereocenters. The van der Waals surface area contributed by atoms with Crippen LogP contribution in [0.2, 0.25) is 39.3 Å². The van der Waals surface area contributed by atoms with Crippen LogP contribution in [0.4, 0.5) is 34.1 Å². The predicted molar refractivity (Wildman–Crippen MR) is 285 cm³/mol. The normalized spacial score (nSPS) is 12.1. The van der Waals surface area contributed by atoms with Gasteiger partial charge in [-0.1, -0.05) is 165 Å². The van der Waals surface area contributed by atoms with Gasteiger partial charge < -0.3 is 14.4 Å². The Bertz CT molecular complexity index is 3180. The highest BCUT2D eigenvalue weighted by Crippen LogP contribution is 2.50. The first-order chi connectivity index (χ1) is 30.8. The summed E-state index contributed by atoms with van der Waals surface area (Å²) in [5, 5.41) is 10.3. The molecule has 316 valence electrons. The molecule has 3 nitrogen and oxygen atoms in total. The van der Waals surface area contributed by atoms with Crippen LogP contribution in [-0.4, -0.2) is 20.7 Å². The number of aromatic nitrogens is 1. The third-order valence-corrected chi connectivity index (χ3v) is 17.2. The van der Waals surface area contributed by atoms with Crippen LogP contribution in [0.15, 0.2) is 182 Å². The minimum absolute atomic E-state index is 1.14. The van der Waals surface area contributed by atoms with E-state index in [2.05, 4.69) is 256 Å². The van der Waals surface area contributed by atoms with Crippen molar-refractivity contribution in [1.82, 2.24) is 4.57 Å². The first kappa shape index (κ1) is 41.4. The lowest BCUT2D eigenvalue weighted by Crippen LogP contribution is -2.37. The van der Waals surface area contributed by atoms with Crippen molar-refractivity contribution in [1.29, 1.82) is 0 Å². The van der Waals surface area contributed by atoms with Crippen LogP contribution in [0.3, 0.4) is 0 Å². The Kier molecular flexibility index (Phi) is 10.2. The third-order valence-electron chi connectivity index (χ3n) is 13.1. The van der Waals surface area contributed by atoms with Crippen LogP contribution in [0.5, 0.6) is 0 Å². The zero-order valence-electron chi connectivity index (χ0n) is 38.7. The molecule has 0 fully saturated rings. The Hall–Kier alpha value is -6.67. The van der Waals surface area contributed by atoms with Gasteiger partial charge in [0, 0.05) is 50.0 Å². The van der Waals surface area contributed by atoms with E-state index >= 15 is 0 Å². The zero-order valence-corrected chi connectivity index (χ0v) is 40.7. The van der Waals surface area contributed by atoms with Gasteiger partial charge >= 0.3 is 0 Å². The largest absolute Gasteiger partial charge is 0.310 e. The molecule has 0 aliphatic heterocycles. The fourth-order valence-corrected chi connectivity index (χ4v) is 12.1. The molecule has 10 aromatic rings. The summed E-state index contributed by atoms with van der Waals surface area (Å²) in [5.74, 6) is 0. The van der Waals surface area contributed by atoms with Gasteiger partial charge in [0.2, 0.25) is 0 Å². The number of fused-ring (bicyclic) bond motifs is 7. The molecule has 0 spiro atoms. The highest BCUT2D eigenvalue weighted by Gasteiger charge is 2.27. The van der Waals surface area contributed by atoms with Crippen molar-refractivity contribution in [2.45, 2.75) is 60.1 Å². The van der Waals surface area contributed by atoms with Crippen molar-refractivity contribution < 1.29 is 0 Å². The highest BCUT2D eigenvalue weighted by molar-refractivity contribution is 6.89. The smallest absolute Gasteiger partial charge is 0.0775 e. The van der Waals surface area contributed by atoms with Crippen molar-refractivity contribution in [2.75, 3.05) is 9.80 Å². The predicted octanol–water partition coefficient (Wildman–Crippen LogP) is 16.0. The molecule has 1 aromatic heterocycles. The summed E-state index contributed by atoms with van der Waals surface area (Å²) < 4.78 is 2.55. The van der Waals surface area contributed by atoms with Gasteiger partial charge in [0.05, 0.1) is 38.6 Å². The van der Waals surface area contributed by atoms with E-state index in [-0.39, 0.29) is 0 Å². The average molecular weight is 864 g/mol. The lowest BCUT2D eigenvalue weighted by molar-refractivity contribution is 1.15. The Morgan fingerprint density at radius 1 is 0.359 bits per heavy atom. The zero-order chi connectivity index (χ0) is 44.5. The fourth-order valence-electron chi connectivity index (χ4n) is 9.75. The lowest BCUT2D eigenvalue weighted by Gasteiger charge is -2.28. The summed E-state index contributed by atoms with van der Waals surface area (Å²) in [6.07, 6.45) is 0. The number of hydrogen-bond donors (Lipinski definition) is 0. The number of rotatable bonds is 9. The summed E-state index contributed by atoms with van der Waals surface area (Å²) in [6, 6.07) is 68.6. The van der Waals surface area contributed by atoms with Gasteiger partial charge in [0.1, 0.15) is 0 Å². The molecule has 0 aliphatic carbocycles. The number of aryl methyl sites for hydroxylation is 3. The van der Waals surface area contributed by atoms with Crippen LogP contribution in [-0.2, 0) is 0 Å². The first-order valence-corrected chi connectivity index (χ1v) is 29.7. The maximum atomic E-state index is 2.55. The first-order valence-electron chi connectivity index (χ1n) is 22.7. The molecule has 0 bridgehead atoms. The molecule has 0 atom stereocenters. The van der Waals surface area contributed by atoms with Gasteiger partial charge in [-0.15, -0.1) is 0 Å². The molecule has 0 amide bonds. The molecule has 0 aliphatic rings. The standard InChI is InChI=1S/C59H57N3Si2/c1-40-18-16-21-45(36-40)60(43-28-32-47(33-29-43)63(4,5)6)54-38-56-58(51-25-13-11-23-49(51)54)59-52-26-14-12-24-50(52)55(39-57(59)62(56)53-27-15-10-20-42(53)3)61(46-22-17-19-41(2)37-46)44-30-34-48(35-31-44)64(7,8)9/h10-39H,1-9H3. The molecular formula is C59H57N3Si2. The summed E-state index contributed by atoms with van der Waals surface area (Å²) >= 11 is 0. The van der Waals surface area contributed by atoms with Gasteiger partial charge in [-0.25, -0.2) is 0 Å². The topological polar surface area (TPSA) is 11.4 Å². The molecular weight excluding hydrogens is 807 g/mol. The van der Waals surface area contributed by atoms with E-state index in [0.29, 0.717) is 0 Å². The summed E-state index contributed by atoms with van der Waals surface area (Å²) in [4.78, 5) is 4.96. The van der Waals surface area contributed by atoms with Gasteiger partial charge in [0.15, 0.2) is 0 Å². The van der Waals surface area contributed by atoms with E-state index in [4.69, 9.17) is 0 Å². The maximum Gasteiger partial charge on any atom is 0.0775 e. The Labute approximate surface area is 380 Å². The van der Waals surface area contributed by atoms with Gasteiger partial charge in [-0.05, 0) is 115 Å². The van der Waals surface area contributed by atoms with Crippen LogP contribution in [0, 0.1) is 20.8 Å². The highest BCUT2D eigenvalue weighted by atomic mass is 28.3. The van der Waals surface area contributed by atoms with E-state index < -0.39 is 16.1 Å². The minimum Gasteiger partial charge on any atom is -0.310 e. The maximum absolute atomic E-state index is 2.55. The van der Waals surface area contributed by atoms with E-state index in [1.807, 2.05) is 0 Å². The second-order valence-electron chi connectivity index (χ2n) is 19.7. The van der Waals surface area contributed by atoms with Crippen LogP contribution >= 0.6 is 0 Å². The Morgan fingerprint density at radius 3 is 1.14 bits per heavy atom. The quantitative estimate of drug-likeness (QED) is 0.134. The Morgan fingerprint density at radius 2 is 0.750 bits per heavy atom. The molecule has 1 heterocycles. The third kappa shape index (κ3) is 7.23. The minimum atomic E-state index is -1.52. The van der Waals surface area contributed by atoms with Crippen LogP contribution < -0.4 is 20.2 Å². The lowest BCUT2D eigenvalue weighted by atomic mass is 9.96. The van der Waals surface area contributed by atoms with Gasteiger partial charge in [0.25, 0.3) is 0 Å². The second kappa shape index (κ2) is 15.8. The van der Waals surface area contributed by atoms with E-state index in [1.165, 1.54) is 76.1 Å². The van der Waals surface area contributed by atoms with Crippen molar-refractivity contribution in [3.8, 4) is 5.69 Å². The van der Waals surface area contributed by atoms with Crippen LogP contribution in [0.1, 0.15) is 16.7 Å². The summed E-state index contributed by atoms with van der Waals surface area (Å²) in [5.41, 5.74) is 14.1. The molecule has 10 rings (SSSR count). The average Bonchev–Trinajstić information content (AvgIpc) is 3.61. The number of benzene rings is 9. The molecule has 64 heavy (non-hydrogen) atoms. The SMILES string of the molecule is Cc1cccc(N(c2ccc([Si](C)(C)C)cc2)c2cc3c(c4ccccc24)c2c4ccccc4c(N(c4ccc([Si](C)(C)C)cc4)c4cccc(C)c4)cc2n3-c2ccccc2C)c1. The Balaban J connectivity index is 1.35. The van der Waals surface area contributed by atoms with Crippen LogP contribution in [0.25, 0.3) is 49.0 Å². The number of anilines is 6. The van der Waals surface area contributed by atoms with E-state index in [9.17, 15) is 0 Å². The number of para-hydroxylation sites is 1. The fraction of sp³-hybridized carbons (Fsp3) is 0.153. The summed E-state index contributed by atoms with van der Waals surface area (Å²) in [7, 11) is -3.05. The molecule has 0 saturated carbocycles. The molecule has 0 N–H and O–H groups in total. The monoisotopic (exact) mass is 863 g/mol. The molecule has 9 aromatic carbocycles. The molecule has 0 saturated heterocycles. The van der Waals surface area contributed by atoms with Gasteiger partial charge in [-0.2, -0.15) is 0 Å².